The highest BCUT2D eigenvalue weighted by Crippen LogP contribution is 2.46. The summed E-state index contributed by atoms with van der Waals surface area (Å²) in [6.45, 7) is 5.09. The summed E-state index contributed by atoms with van der Waals surface area (Å²) in [6.07, 6.45) is -0.507. The Morgan fingerprint density at radius 2 is 1.68 bits per heavy atom. The number of para-hydroxylation sites is 1. The van der Waals surface area contributed by atoms with Gasteiger partial charge in [0.15, 0.2) is 11.5 Å². The molecular weight excluding hydrogens is 322 g/mol. The molecule has 0 radical (unpaired) electrons. The Morgan fingerprint density at radius 1 is 1.00 bits per heavy atom. The van der Waals surface area contributed by atoms with Gasteiger partial charge in [-0.15, -0.1) is 0 Å². The van der Waals surface area contributed by atoms with Crippen LogP contribution in [0.25, 0.3) is 21.8 Å². The number of nitrogens with zero attached hydrogens (tertiary/aromatic N) is 1. The van der Waals surface area contributed by atoms with Crippen LogP contribution in [0.15, 0.2) is 24.3 Å². The number of aromatic nitrogens is 1. The minimum absolute atomic E-state index is 0.312. The Kier molecular flexibility index (Phi) is 4.12. The third kappa shape index (κ3) is 2.41. The van der Waals surface area contributed by atoms with Crippen LogP contribution in [0.3, 0.4) is 0 Å². The largest absolute Gasteiger partial charge is 0.493 e. The summed E-state index contributed by atoms with van der Waals surface area (Å²) in [5.41, 5.74) is 2.96. The number of rotatable bonds is 2. The van der Waals surface area contributed by atoms with Crippen molar-refractivity contribution in [1.29, 1.82) is 0 Å². The maximum atomic E-state index is 12.5. The van der Waals surface area contributed by atoms with Crippen LogP contribution in [0.2, 0.25) is 0 Å². The van der Waals surface area contributed by atoms with Crippen molar-refractivity contribution >= 4 is 33.9 Å². The number of ether oxygens (including phenoxy) is 3. The van der Waals surface area contributed by atoms with E-state index in [-0.39, 0.29) is 0 Å². The lowest BCUT2D eigenvalue weighted by Crippen LogP contribution is -2.12. The summed E-state index contributed by atoms with van der Waals surface area (Å²) in [6, 6.07) is 7.40. The Bertz CT molecular complexity index is 1020. The van der Waals surface area contributed by atoms with E-state index < -0.39 is 12.1 Å². The molecule has 1 heterocycles. The monoisotopic (exact) mass is 341 g/mol. The van der Waals surface area contributed by atoms with E-state index in [1.807, 2.05) is 38.1 Å². The van der Waals surface area contributed by atoms with E-state index in [0.29, 0.717) is 27.9 Å². The molecule has 0 saturated heterocycles. The molecule has 6 heteroatoms. The smallest absolute Gasteiger partial charge is 0.418 e. The Labute approximate surface area is 144 Å². The molecule has 0 aliphatic rings. The molecule has 0 amide bonds. The van der Waals surface area contributed by atoms with Crippen LogP contribution in [-0.4, -0.2) is 30.8 Å². The number of hydrogen-bond acceptors (Lipinski definition) is 5. The zero-order valence-electron chi connectivity index (χ0n) is 14.8. The lowest BCUT2D eigenvalue weighted by Gasteiger charge is -2.16. The van der Waals surface area contributed by atoms with Crippen molar-refractivity contribution in [2.24, 2.45) is 0 Å². The van der Waals surface area contributed by atoms with Gasteiger partial charge in [0, 0.05) is 12.3 Å². The highest BCUT2D eigenvalue weighted by molar-refractivity contribution is 6.17. The van der Waals surface area contributed by atoms with Crippen molar-refractivity contribution in [2.75, 3.05) is 14.2 Å². The Hall–Kier alpha value is -3.02. The number of esters is 1. The zero-order chi connectivity index (χ0) is 18.3. The van der Waals surface area contributed by atoms with Crippen LogP contribution in [0, 0.1) is 13.8 Å². The highest BCUT2D eigenvalue weighted by Gasteiger charge is 2.26. The van der Waals surface area contributed by atoms with Gasteiger partial charge in [-0.05, 0) is 31.0 Å². The van der Waals surface area contributed by atoms with Crippen LogP contribution in [-0.2, 0) is 9.53 Å². The fraction of sp³-hybridized carbons (Fsp3) is 0.263. The predicted molar refractivity (Wildman–Crippen MR) is 94.6 cm³/mol. The number of fused-ring (bicyclic) bond motifs is 3. The summed E-state index contributed by atoms with van der Waals surface area (Å²) >= 11 is 0. The minimum Gasteiger partial charge on any atom is -0.493 e. The van der Waals surface area contributed by atoms with Gasteiger partial charge in [0.1, 0.15) is 0 Å². The van der Waals surface area contributed by atoms with Gasteiger partial charge in [0.25, 0.3) is 0 Å². The number of aryl methyl sites for hydroxylation is 1. The van der Waals surface area contributed by atoms with Crippen molar-refractivity contribution < 1.29 is 23.8 Å². The van der Waals surface area contributed by atoms with E-state index in [9.17, 15) is 9.59 Å². The van der Waals surface area contributed by atoms with Gasteiger partial charge in [-0.2, -0.15) is 0 Å². The number of methoxy groups -OCH3 is 2. The second-order valence-electron chi connectivity index (χ2n) is 5.75. The Morgan fingerprint density at radius 3 is 2.28 bits per heavy atom. The molecular formula is C19H19NO5. The lowest BCUT2D eigenvalue weighted by molar-refractivity contribution is -0.131. The average molecular weight is 341 g/mol. The maximum absolute atomic E-state index is 12.5. The van der Waals surface area contributed by atoms with Crippen molar-refractivity contribution in [3.63, 3.8) is 0 Å². The molecule has 0 bridgehead atoms. The molecule has 0 unspecified atom stereocenters. The fourth-order valence-electron chi connectivity index (χ4n) is 3.22. The summed E-state index contributed by atoms with van der Waals surface area (Å²) in [5, 5.41) is 1.43. The molecule has 0 atom stereocenters. The predicted octanol–water partition coefficient (Wildman–Crippen LogP) is 3.96. The molecule has 0 spiro atoms. The maximum Gasteiger partial charge on any atom is 0.418 e. The first kappa shape index (κ1) is 16.8. The van der Waals surface area contributed by atoms with E-state index in [4.69, 9.17) is 14.2 Å². The Balaban J connectivity index is 2.64. The summed E-state index contributed by atoms with van der Waals surface area (Å²) in [5.74, 6) is 0.331. The normalized spacial score (nSPS) is 10.9. The van der Waals surface area contributed by atoms with Gasteiger partial charge in [-0.25, -0.2) is 9.36 Å². The molecule has 1 aromatic heterocycles. The first-order chi connectivity index (χ1) is 11.9. The first-order valence-electron chi connectivity index (χ1n) is 7.79. The first-order valence-corrected chi connectivity index (χ1v) is 7.79. The van der Waals surface area contributed by atoms with E-state index in [0.717, 1.165) is 16.5 Å². The number of carbonyl (C=O) groups is 2. The molecule has 2 aromatic carbocycles. The van der Waals surface area contributed by atoms with Gasteiger partial charge in [0.2, 0.25) is 0 Å². The minimum atomic E-state index is -0.507. The highest BCUT2D eigenvalue weighted by atomic mass is 16.6. The van der Waals surface area contributed by atoms with E-state index in [1.165, 1.54) is 25.7 Å². The van der Waals surface area contributed by atoms with Gasteiger partial charge in [0.05, 0.1) is 30.6 Å². The standard InChI is InChI=1S/C19H19NO5/c1-10-11(2)17(23-4)18(25-12(3)21)15-13-8-6-7-9-14(13)20(16(10)15)19(22)24-5/h6-9H,1-5H3. The molecule has 0 aliphatic carbocycles. The van der Waals surface area contributed by atoms with Gasteiger partial charge >= 0.3 is 12.1 Å². The summed E-state index contributed by atoms with van der Waals surface area (Å²) in [4.78, 5) is 24.1. The molecule has 3 rings (SSSR count). The van der Waals surface area contributed by atoms with E-state index >= 15 is 0 Å². The van der Waals surface area contributed by atoms with Crippen LogP contribution < -0.4 is 9.47 Å². The molecule has 3 aromatic rings. The quantitative estimate of drug-likeness (QED) is 0.521. The SMILES string of the molecule is COC(=O)n1c2ccccc2c2c(OC(C)=O)c(OC)c(C)c(C)c21. The molecule has 0 N–H and O–H groups in total. The van der Waals surface area contributed by atoms with Crippen molar-refractivity contribution in [3.05, 3.63) is 35.4 Å². The third-order valence-electron chi connectivity index (χ3n) is 4.37. The average Bonchev–Trinajstić information content (AvgIpc) is 2.94. The summed E-state index contributed by atoms with van der Waals surface area (Å²) in [7, 11) is 2.86. The molecule has 0 aliphatic heterocycles. The molecule has 130 valence electrons. The fourth-order valence-corrected chi connectivity index (χ4v) is 3.22. The van der Waals surface area contributed by atoms with Crippen molar-refractivity contribution in [3.8, 4) is 11.5 Å². The second kappa shape index (κ2) is 6.12. The van der Waals surface area contributed by atoms with Crippen LogP contribution in [0.4, 0.5) is 4.79 Å². The van der Waals surface area contributed by atoms with E-state index in [2.05, 4.69) is 0 Å². The summed E-state index contributed by atoms with van der Waals surface area (Å²) < 4.78 is 17.5. The van der Waals surface area contributed by atoms with Crippen molar-refractivity contribution in [1.82, 2.24) is 4.57 Å². The number of carbonyl (C=O) groups excluding carboxylic acids is 2. The van der Waals surface area contributed by atoms with Crippen LogP contribution in [0.1, 0.15) is 18.1 Å². The van der Waals surface area contributed by atoms with Gasteiger partial charge in [-0.1, -0.05) is 18.2 Å². The molecule has 0 fully saturated rings. The van der Waals surface area contributed by atoms with Crippen LogP contribution >= 0.6 is 0 Å². The second-order valence-corrected chi connectivity index (χ2v) is 5.75. The van der Waals surface area contributed by atoms with E-state index in [1.54, 1.807) is 0 Å². The number of benzene rings is 2. The topological polar surface area (TPSA) is 66.8 Å². The molecule has 0 saturated carbocycles. The molecule has 6 nitrogen and oxygen atoms in total. The van der Waals surface area contributed by atoms with Crippen LogP contribution in [0.5, 0.6) is 11.5 Å². The number of hydrogen-bond donors (Lipinski definition) is 0. The zero-order valence-corrected chi connectivity index (χ0v) is 14.8. The third-order valence-corrected chi connectivity index (χ3v) is 4.37. The van der Waals surface area contributed by atoms with Crippen molar-refractivity contribution in [2.45, 2.75) is 20.8 Å². The molecule has 25 heavy (non-hydrogen) atoms. The lowest BCUT2D eigenvalue weighted by atomic mass is 10.0. The van der Waals surface area contributed by atoms with Gasteiger partial charge < -0.3 is 14.2 Å². The van der Waals surface area contributed by atoms with Gasteiger partial charge in [-0.3, -0.25) is 4.79 Å².